The van der Waals surface area contributed by atoms with Crippen LogP contribution in [0.1, 0.15) is 0 Å². The molecule has 1 heterocycles. The van der Waals surface area contributed by atoms with Crippen LogP contribution < -0.4 is 0 Å². The van der Waals surface area contributed by atoms with Gasteiger partial charge in [-0.05, 0) is 11.4 Å². The molecule has 0 aliphatic heterocycles. The molecule has 0 N–H and O–H groups in total. The summed E-state index contributed by atoms with van der Waals surface area (Å²) in [5, 5.41) is 9.74. The highest BCUT2D eigenvalue weighted by Gasteiger charge is 2.43. The van der Waals surface area contributed by atoms with E-state index in [1.807, 2.05) is 0 Å². The molecule has 1 unspecified atom stereocenters. The van der Waals surface area contributed by atoms with Gasteiger partial charge in [0.2, 0.25) is 0 Å². The number of nitrogens with zero attached hydrogens (tertiary/aromatic N) is 1. The van der Waals surface area contributed by atoms with Gasteiger partial charge in [-0.1, -0.05) is 6.07 Å². The quantitative estimate of drug-likeness (QED) is 0.845. The fourth-order valence-electron chi connectivity index (χ4n) is 0.947. The lowest BCUT2D eigenvalue weighted by molar-refractivity contribution is -0.153. The Balaban J connectivity index is 2.94. The predicted octanol–water partition coefficient (Wildman–Crippen LogP) is 2.22. The molecule has 0 radical (unpaired) electrons. The Morgan fingerprint density at radius 1 is 1.50 bits per heavy atom. The molecule has 0 saturated carbocycles. The van der Waals surface area contributed by atoms with Crippen LogP contribution in [0.15, 0.2) is 21.7 Å². The van der Waals surface area contributed by atoms with Gasteiger partial charge in [0, 0.05) is 0 Å². The van der Waals surface area contributed by atoms with Gasteiger partial charge in [0.05, 0.1) is 11.8 Å². The van der Waals surface area contributed by atoms with Crippen molar-refractivity contribution in [2.45, 2.75) is 10.4 Å². The molecule has 0 spiro atoms. The lowest BCUT2D eigenvalue weighted by Crippen LogP contribution is -2.28. The van der Waals surface area contributed by atoms with Gasteiger partial charge in [0.25, 0.3) is 0 Å². The van der Waals surface area contributed by atoms with E-state index < -0.39 is 27.7 Å². The molecule has 0 saturated heterocycles. The van der Waals surface area contributed by atoms with Crippen molar-refractivity contribution in [3.05, 3.63) is 17.5 Å². The van der Waals surface area contributed by atoms with Crippen molar-refractivity contribution in [3.63, 3.8) is 0 Å². The van der Waals surface area contributed by atoms with Gasteiger partial charge in [-0.2, -0.15) is 18.4 Å². The van der Waals surface area contributed by atoms with Gasteiger partial charge in [-0.25, -0.2) is 8.42 Å². The Kier molecular flexibility index (Phi) is 3.60. The first-order valence-electron chi connectivity index (χ1n) is 4.00. The lowest BCUT2D eigenvalue weighted by atomic mass is 10.2. The largest absolute Gasteiger partial charge is 0.405 e. The van der Waals surface area contributed by atoms with Crippen molar-refractivity contribution >= 4 is 21.2 Å². The first-order chi connectivity index (χ1) is 7.27. The van der Waals surface area contributed by atoms with Crippen molar-refractivity contribution in [1.29, 1.82) is 5.26 Å². The maximum atomic E-state index is 12.2. The van der Waals surface area contributed by atoms with Gasteiger partial charge in [0.1, 0.15) is 4.21 Å². The number of thiophene rings is 1. The molecule has 0 bridgehead atoms. The molecule has 88 valence electrons. The van der Waals surface area contributed by atoms with E-state index in [9.17, 15) is 21.6 Å². The molecule has 0 fully saturated rings. The van der Waals surface area contributed by atoms with Crippen LogP contribution in [0.25, 0.3) is 0 Å². The fourth-order valence-corrected chi connectivity index (χ4v) is 3.51. The summed E-state index contributed by atoms with van der Waals surface area (Å²) in [5.74, 6) is -3.72. The van der Waals surface area contributed by atoms with Crippen LogP contribution in [-0.4, -0.2) is 20.3 Å². The van der Waals surface area contributed by atoms with Crippen molar-refractivity contribution in [2.24, 2.45) is 5.92 Å². The van der Waals surface area contributed by atoms with Crippen molar-refractivity contribution in [3.8, 4) is 6.07 Å². The molecule has 8 heteroatoms. The Hall–Kier alpha value is -1.07. The molecule has 1 rings (SSSR count). The zero-order valence-corrected chi connectivity index (χ0v) is 9.36. The second-order valence-corrected chi connectivity index (χ2v) is 6.15. The van der Waals surface area contributed by atoms with E-state index in [-0.39, 0.29) is 4.21 Å². The smallest absolute Gasteiger partial charge is 0.223 e. The molecule has 1 aromatic rings. The van der Waals surface area contributed by atoms with E-state index in [0.717, 1.165) is 17.4 Å². The highest BCUT2D eigenvalue weighted by molar-refractivity contribution is 7.93. The molecule has 1 aromatic heterocycles. The second kappa shape index (κ2) is 4.43. The molecule has 16 heavy (non-hydrogen) atoms. The van der Waals surface area contributed by atoms with Gasteiger partial charge >= 0.3 is 6.18 Å². The van der Waals surface area contributed by atoms with Crippen molar-refractivity contribution < 1.29 is 21.6 Å². The summed E-state index contributed by atoms with van der Waals surface area (Å²) >= 11 is 0.828. The van der Waals surface area contributed by atoms with Crippen molar-refractivity contribution in [1.82, 2.24) is 0 Å². The number of halogens is 3. The highest BCUT2D eigenvalue weighted by atomic mass is 32.2. The normalized spacial score (nSPS) is 14.4. The summed E-state index contributed by atoms with van der Waals surface area (Å²) in [6, 6.07) is 3.60. The predicted molar refractivity (Wildman–Crippen MR) is 51.5 cm³/mol. The third-order valence-corrected chi connectivity index (χ3v) is 4.97. The molecule has 1 atom stereocenters. The molecular weight excluding hydrogens is 263 g/mol. The number of rotatable bonds is 3. The third kappa shape index (κ3) is 2.96. The number of alkyl halides is 3. The third-order valence-electron chi connectivity index (χ3n) is 1.74. The summed E-state index contributed by atoms with van der Waals surface area (Å²) in [5.41, 5.74) is 0. The van der Waals surface area contributed by atoms with Gasteiger partial charge in [-0.15, -0.1) is 11.3 Å². The summed E-state index contributed by atoms with van der Waals surface area (Å²) in [6.45, 7) is 0. The van der Waals surface area contributed by atoms with Crippen LogP contribution in [-0.2, 0) is 9.84 Å². The zero-order chi connectivity index (χ0) is 12.4. The SMILES string of the molecule is N#CC(CS(=O)(=O)c1cccs1)C(F)(F)F. The summed E-state index contributed by atoms with van der Waals surface area (Å²) in [6.07, 6.45) is -4.82. The number of hydrogen-bond donors (Lipinski definition) is 0. The maximum absolute atomic E-state index is 12.2. The molecule has 3 nitrogen and oxygen atoms in total. The Morgan fingerprint density at radius 2 is 2.12 bits per heavy atom. The average molecular weight is 269 g/mol. The van der Waals surface area contributed by atoms with Gasteiger partial charge in [0.15, 0.2) is 15.8 Å². The van der Waals surface area contributed by atoms with E-state index in [4.69, 9.17) is 5.26 Å². The van der Waals surface area contributed by atoms with Crippen molar-refractivity contribution in [2.75, 3.05) is 5.75 Å². The first-order valence-corrected chi connectivity index (χ1v) is 6.53. The van der Waals surface area contributed by atoms with E-state index in [0.29, 0.717) is 0 Å². The monoisotopic (exact) mass is 269 g/mol. The Morgan fingerprint density at radius 3 is 2.50 bits per heavy atom. The minimum absolute atomic E-state index is 0.156. The molecule has 0 amide bonds. The van der Waals surface area contributed by atoms with E-state index >= 15 is 0 Å². The lowest BCUT2D eigenvalue weighted by Gasteiger charge is -2.12. The molecule has 0 aliphatic carbocycles. The Bertz CT molecular complexity index is 484. The van der Waals surface area contributed by atoms with E-state index in [2.05, 4.69) is 0 Å². The highest BCUT2D eigenvalue weighted by Crippen LogP contribution is 2.29. The van der Waals surface area contributed by atoms with Crippen LogP contribution in [0.2, 0.25) is 0 Å². The molecular formula is C8H6F3NO2S2. The van der Waals surface area contributed by atoms with Crippen LogP contribution >= 0.6 is 11.3 Å². The van der Waals surface area contributed by atoms with Gasteiger partial charge in [-0.3, -0.25) is 0 Å². The van der Waals surface area contributed by atoms with Crippen LogP contribution in [0.3, 0.4) is 0 Å². The summed E-state index contributed by atoms with van der Waals surface area (Å²) in [7, 11) is -4.04. The average Bonchev–Trinajstić information content (AvgIpc) is 2.65. The number of nitriles is 1. The minimum atomic E-state index is -4.82. The first kappa shape index (κ1) is 13.0. The fraction of sp³-hybridized carbons (Fsp3) is 0.375. The number of hydrogen-bond acceptors (Lipinski definition) is 4. The number of sulfone groups is 1. The zero-order valence-electron chi connectivity index (χ0n) is 7.73. The molecule has 0 aliphatic rings. The summed E-state index contributed by atoms with van der Waals surface area (Å²) in [4.78, 5) is 0. The topological polar surface area (TPSA) is 57.9 Å². The minimum Gasteiger partial charge on any atom is -0.223 e. The second-order valence-electron chi connectivity index (χ2n) is 2.94. The van der Waals surface area contributed by atoms with Crippen LogP contribution in [0, 0.1) is 17.2 Å². The summed E-state index contributed by atoms with van der Waals surface area (Å²) < 4.78 is 59.4. The molecule has 0 aromatic carbocycles. The Labute approximate surface area is 94.0 Å². The maximum Gasteiger partial charge on any atom is 0.405 e. The van der Waals surface area contributed by atoms with Crippen LogP contribution in [0.5, 0.6) is 0 Å². The van der Waals surface area contributed by atoms with E-state index in [1.54, 1.807) is 0 Å². The van der Waals surface area contributed by atoms with Gasteiger partial charge < -0.3 is 0 Å². The van der Waals surface area contributed by atoms with Crippen LogP contribution in [0.4, 0.5) is 13.2 Å². The standard InChI is InChI=1S/C8H6F3NO2S2/c9-8(10,11)6(4-12)5-16(13,14)7-2-1-3-15-7/h1-3,6H,5H2. The van der Waals surface area contributed by atoms with E-state index in [1.165, 1.54) is 17.5 Å².